The van der Waals surface area contributed by atoms with Crippen LogP contribution in [0, 0.1) is 0 Å². The van der Waals surface area contributed by atoms with E-state index in [9.17, 15) is 4.79 Å². The summed E-state index contributed by atoms with van der Waals surface area (Å²) >= 11 is 0. The van der Waals surface area contributed by atoms with Gasteiger partial charge >= 0.3 is 0 Å². The van der Waals surface area contributed by atoms with Crippen LogP contribution in [0.2, 0.25) is 0 Å². The van der Waals surface area contributed by atoms with Gasteiger partial charge in [0.2, 0.25) is 0 Å². The first kappa shape index (κ1) is 9.31. The van der Waals surface area contributed by atoms with Crippen LogP contribution < -0.4 is 5.73 Å². The van der Waals surface area contributed by atoms with Crippen molar-refractivity contribution in [1.82, 2.24) is 4.57 Å². The van der Waals surface area contributed by atoms with Crippen molar-refractivity contribution in [2.24, 2.45) is 0 Å². The van der Waals surface area contributed by atoms with Gasteiger partial charge in [-0.05, 0) is 24.3 Å². The molecule has 1 aromatic carbocycles. The number of hydrogen-bond donors (Lipinski definition) is 1. The maximum Gasteiger partial charge on any atom is 0.151 e. The van der Waals surface area contributed by atoms with Crippen molar-refractivity contribution in [1.29, 1.82) is 0 Å². The highest BCUT2D eigenvalue weighted by Crippen LogP contribution is 2.21. The number of carbonyl (C=O) groups excluding carboxylic acids is 1. The van der Waals surface area contributed by atoms with Gasteiger partial charge in [0.25, 0.3) is 0 Å². The van der Waals surface area contributed by atoms with Crippen molar-refractivity contribution < 1.29 is 4.79 Å². The Morgan fingerprint density at radius 1 is 1.47 bits per heavy atom. The van der Waals surface area contributed by atoms with Crippen LogP contribution in [0.4, 0.5) is 5.69 Å². The lowest BCUT2D eigenvalue weighted by Crippen LogP contribution is -1.93. The van der Waals surface area contributed by atoms with Crippen LogP contribution in [0.25, 0.3) is 16.6 Å². The largest absolute Gasteiger partial charge is 0.399 e. The lowest BCUT2D eigenvalue weighted by atomic mass is 10.2. The van der Waals surface area contributed by atoms with Crippen molar-refractivity contribution >= 4 is 28.2 Å². The van der Waals surface area contributed by atoms with Crippen molar-refractivity contribution in [2.75, 3.05) is 5.73 Å². The van der Waals surface area contributed by atoms with E-state index in [0.29, 0.717) is 11.4 Å². The van der Waals surface area contributed by atoms with Gasteiger partial charge in [0.05, 0.1) is 5.52 Å². The molecule has 0 aliphatic carbocycles. The molecule has 2 aromatic rings. The van der Waals surface area contributed by atoms with Gasteiger partial charge in [-0.1, -0.05) is 12.6 Å². The van der Waals surface area contributed by atoms with Gasteiger partial charge in [0.1, 0.15) is 5.70 Å². The lowest BCUT2D eigenvalue weighted by Gasteiger charge is -2.02. The molecule has 2 N–H and O–H groups in total. The van der Waals surface area contributed by atoms with E-state index in [4.69, 9.17) is 5.73 Å². The van der Waals surface area contributed by atoms with Crippen LogP contribution in [0.5, 0.6) is 0 Å². The average Bonchev–Trinajstić information content (AvgIpc) is 2.64. The van der Waals surface area contributed by atoms with E-state index in [2.05, 4.69) is 6.58 Å². The molecule has 0 atom stereocenters. The normalized spacial score (nSPS) is 9.87. The standard InChI is InChI=1S/C12H10N2O/c1-2-11(8-15)14-6-5-9-3-4-10(13)7-12(9)14/h2-7H,1,13H2. The smallest absolute Gasteiger partial charge is 0.151 e. The van der Waals surface area contributed by atoms with Crippen molar-refractivity contribution in [3.63, 3.8) is 0 Å². The molecule has 1 aromatic heterocycles. The SMILES string of the molecule is C=CC(=C=O)n1ccc2ccc(N)cc21. The van der Waals surface area contributed by atoms with Crippen LogP contribution >= 0.6 is 0 Å². The van der Waals surface area contributed by atoms with Gasteiger partial charge in [0.15, 0.2) is 5.94 Å². The van der Waals surface area contributed by atoms with E-state index < -0.39 is 0 Å². The maximum atomic E-state index is 10.7. The highest BCUT2D eigenvalue weighted by molar-refractivity contribution is 5.92. The fourth-order valence-corrected chi connectivity index (χ4v) is 1.54. The molecule has 0 saturated heterocycles. The van der Waals surface area contributed by atoms with E-state index in [1.807, 2.05) is 30.2 Å². The molecule has 0 saturated carbocycles. The number of hydrogen-bond acceptors (Lipinski definition) is 2. The summed E-state index contributed by atoms with van der Waals surface area (Å²) in [7, 11) is 0. The minimum Gasteiger partial charge on any atom is -0.399 e. The Morgan fingerprint density at radius 3 is 2.93 bits per heavy atom. The summed E-state index contributed by atoms with van der Waals surface area (Å²) in [5.41, 5.74) is 7.62. The third-order valence-electron chi connectivity index (χ3n) is 2.27. The minimum atomic E-state index is 0.385. The summed E-state index contributed by atoms with van der Waals surface area (Å²) in [5.74, 6) is 1.84. The number of allylic oxidation sites excluding steroid dienone is 2. The molecule has 3 heteroatoms. The molecule has 15 heavy (non-hydrogen) atoms. The van der Waals surface area contributed by atoms with Crippen molar-refractivity contribution in [3.8, 4) is 0 Å². The molecule has 2 rings (SSSR count). The van der Waals surface area contributed by atoms with Gasteiger partial charge in [-0.15, -0.1) is 0 Å². The average molecular weight is 198 g/mol. The van der Waals surface area contributed by atoms with Gasteiger partial charge in [-0.3, -0.25) is 0 Å². The van der Waals surface area contributed by atoms with Crippen LogP contribution in [0.3, 0.4) is 0 Å². The van der Waals surface area contributed by atoms with E-state index >= 15 is 0 Å². The fourth-order valence-electron chi connectivity index (χ4n) is 1.54. The van der Waals surface area contributed by atoms with Crippen molar-refractivity contribution in [3.05, 3.63) is 43.1 Å². The van der Waals surface area contributed by atoms with E-state index in [0.717, 1.165) is 10.9 Å². The molecule has 0 unspecified atom stereocenters. The Morgan fingerprint density at radius 2 is 2.27 bits per heavy atom. The first-order valence-corrected chi connectivity index (χ1v) is 4.51. The molecule has 0 aliphatic heterocycles. The number of anilines is 1. The lowest BCUT2D eigenvalue weighted by molar-refractivity contribution is 0.569. The molecule has 0 bridgehead atoms. The number of nitrogens with two attached hydrogens (primary N) is 1. The molecule has 1 heterocycles. The summed E-state index contributed by atoms with van der Waals surface area (Å²) < 4.78 is 1.71. The molecule has 3 nitrogen and oxygen atoms in total. The Balaban J connectivity index is 2.77. The second kappa shape index (κ2) is 3.48. The zero-order valence-corrected chi connectivity index (χ0v) is 8.10. The molecule has 0 spiro atoms. The number of rotatable bonds is 2. The first-order valence-electron chi connectivity index (χ1n) is 4.51. The third-order valence-corrected chi connectivity index (χ3v) is 2.27. The van der Waals surface area contributed by atoms with Crippen molar-refractivity contribution in [2.45, 2.75) is 0 Å². The number of nitrogen functional groups attached to an aromatic ring is 1. The first-order chi connectivity index (χ1) is 7.26. The molecular weight excluding hydrogens is 188 g/mol. The summed E-state index contributed by atoms with van der Waals surface area (Å²) in [6.45, 7) is 3.57. The van der Waals surface area contributed by atoms with Gasteiger partial charge < -0.3 is 10.3 Å². The van der Waals surface area contributed by atoms with Crippen LogP contribution in [-0.4, -0.2) is 10.5 Å². The highest BCUT2D eigenvalue weighted by Gasteiger charge is 2.03. The molecule has 0 amide bonds. The molecule has 0 fully saturated rings. The molecule has 74 valence electrons. The zero-order valence-electron chi connectivity index (χ0n) is 8.10. The predicted molar refractivity (Wildman–Crippen MR) is 61.9 cm³/mol. The monoisotopic (exact) mass is 198 g/mol. The summed E-state index contributed by atoms with van der Waals surface area (Å²) in [6.07, 6.45) is 3.27. The zero-order chi connectivity index (χ0) is 10.8. The molecule has 0 aliphatic rings. The van der Waals surface area contributed by atoms with E-state index in [1.54, 1.807) is 10.8 Å². The third kappa shape index (κ3) is 1.45. The van der Waals surface area contributed by atoms with Crippen LogP contribution in [0.1, 0.15) is 0 Å². The number of aromatic nitrogens is 1. The number of fused-ring (bicyclic) bond motifs is 1. The van der Waals surface area contributed by atoms with Gasteiger partial charge in [-0.2, -0.15) is 0 Å². The number of nitrogens with zero attached hydrogens (tertiary/aromatic N) is 1. The van der Waals surface area contributed by atoms with Crippen LogP contribution in [0.15, 0.2) is 43.1 Å². The molecular formula is C12H10N2O. The fraction of sp³-hybridized carbons (Fsp3) is 0. The quantitative estimate of drug-likeness (QED) is 0.456. The maximum absolute atomic E-state index is 10.7. The van der Waals surface area contributed by atoms with E-state index in [-0.39, 0.29) is 0 Å². The Labute approximate surface area is 87.1 Å². The second-order valence-electron chi connectivity index (χ2n) is 3.20. The number of benzene rings is 1. The Hall–Kier alpha value is -2.25. The van der Waals surface area contributed by atoms with Gasteiger partial charge in [0, 0.05) is 17.3 Å². The van der Waals surface area contributed by atoms with Gasteiger partial charge in [-0.25, -0.2) is 4.79 Å². The minimum absolute atomic E-state index is 0.385. The predicted octanol–water partition coefficient (Wildman–Crippen LogP) is 2.08. The summed E-state index contributed by atoms with van der Waals surface area (Å²) in [5, 5.41) is 1.03. The Kier molecular flexibility index (Phi) is 2.16. The van der Waals surface area contributed by atoms with Crippen LogP contribution in [-0.2, 0) is 4.79 Å². The summed E-state index contributed by atoms with van der Waals surface area (Å²) in [6, 6.07) is 7.46. The molecule has 0 radical (unpaired) electrons. The van der Waals surface area contributed by atoms with E-state index in [1.165, 1.54) is 6.08 Å². The Bertz CT molecular complexity index is 574. The summed E-state index contributed by atoms with van der Waals surface area (Å²) in [4.78, 5) is 10.7. The second-order valence-corrected chi connectivity index (χ2v) is 3.20. The highest BCUT2D eigenvalue weighted by atomic mass is 16.1. The topological polar surface area (TPSA) is 48.0 Å².